The minimum atomic E-state index is 0.290. The average molecular weight is 287 g/mol. The maximum absolute atomic E-state index is 5.66. The summed E-state index contributed by atoms with van der Waals surface area (Å²) in [6, 6.07) is 20.3. The van der Waals surface area contributed by atoms with Gasteiger partial charge < -0.3 is 10.1 Å². The average Bonchev–Trinajstić information content (AvgIpc) is 2.60. The van der Waals surface area contributed by atoms with Crippen molar-refractivity contribution in [3.63, 3.8) is 0 Å². The van der Waals surface area contributed by atoms with E-state index in [0.717, 1.165) is 19.8 Å². The van der Waals surface area contributed by atoms with E-state index >= 15 is 0 Å². The standard InChI is InChI=1S/C20H17NO/c1-2-13-4-5-15-6-8-16(18-12-22-11-10-21-18)17-9-7-14(3-1)19(13)20(15)17/h1-9,18,21H,10-12H2/t18-/m1/s1. The van der Waals surface area contributed by atoms with Crippen molar-refractivity contribution in [2.45, 2.75) is 6.04 Å². The predicted octanol–water partition coefficient (Wildman–Crippen LogP) is 4.24. The summed E-state index contributed by atoms with van der Waals surface area (Å²) >= 11 is 0. The van der Waals surface area contributed by atoms with Gasteiger partial charge in [-0.3, -0.25) is 0 Å². The molecule has 0 aromatic heterocycles. The van der Waals surface area contributed by atoms with Gasteiger partial charge in [0, 0.05) is 6.54 Å². The van der Waals surface area contributed by atoms with Crippen LogP contribution in [0.1, 0.15) is 11.6 Å². The summed E-state index contributed by atoms with van der Waals surface area (Å²) in [5, 5.41) is 11.7. The van der Waals surface area contributed by atoms with Crippen molar-refractivity contribution in [3.05, 3.63) is 60.2 Å². The van der Waals surface area contributed by atoms with E-state index in [2.05, 4.69) is 59.9 Å². The summed E-state index contributed by atoms with van der Waals surface area (Å²) in [5.41, 5.74) is 1.35. The lowest BCUT2D eigenvalue weighted by molar-refractivity contribution is 0.0773. The van der Waals surface area contributed by atoms with Crippen molar-refractivity contribution in [1.82, 2.24) is 5.32 Å². The van der Waals surface area contributed by atoms with E-state index in [-0.39, 0.29) is 0 Å². The molecule has 1 aliphatic rings. The molecule has 0 saturated carbocycles. The van der Waals surface area contributed by atoms with Crippen LogP contribution in [0.15, 0.2) is 54.6 Å². The van der Waals surface area contributed by atoms with Crippen LogP contribution in [0.4, 0.5) is 0 Å². The second-order valence-corrected chi connectivity index (χ2v) is 6.09. The molecule has 5 rings (SSSR count). The van der Waals surface area contributed by atoms with E-state index in [9.17, 15) is 0 Å². The Kier molecular flexibility index (Phi) is 2.63. The van der Waals surface area contributed by atoms with Crippen molar-refractivity contribution in [2.75, 3.05) is 19.8 Å². The molecule has 0 spiro atoms. The summed E-state index contributed by atoms with van der Waals surface area (Å²) in [6.45, 7) is 2.49. The molecule has 0 bridgehead atoms. The number of rotatable bonds is 1. The Morgan fingerprint density at radius 3 is 2.32 bits per heavy atom. The van der Waals surface area contributed by atoms with Gasteiger partial charge in [-0.05, 0) is 37.9 Å². The van der Waals surface area contributed by atoms with Crippen LogP contribution < -0.4 is 5.32 Å². The van der Waals surface area contributed by atoms with Gasteiger partial charge in [-0.1, -0.05) is 54.6 Å². The lowest BCUT2D eigenvalue weighted by Crippen LogP contribution is -2.34. The Morgan fingerprint density at radius 2 is 1.55 bits per heavy atom. The third-order valence-electron chi connectivity index (χ3n) is 4.86. The van der Waals surface area contributed by atoms with Crippen LogP contribution in [0.5, 0.6) is 0 Å². The summed E-state index contributed by atoms with van der Waals surface area (Å²) in [4.78, 5) is 0. The summed E-state index contributed by atoms with van der Waals surface area (Å²) in [5.74, 6) is 0. The van der Waals surface area contributed by atoms with E-state index < -0.39 is 0 Å². The van der Waals surface area contributed by atoms with E-state index in [4.69, 9.17) is 4.74 Å². The van der Waals surface area contributed by atoms with Crippen LogP contribution in [0.3, 0.4) is 0 Å². The first-order valence-corrected chi connectivity index (χ1v) is 7.89. The van der Waals surface area contributed by atoms with Crippen LogP contribution in [0.25, 0.3) is 32.3 Å². The van der Waals surface area contributed by atoms with E-state index in [1.54, 1.807) is 0 Å². The third kappa shape index (κ3) is 1.68. The van der Waals surface area contributed by atoms with Crippen molar-refractivity contribution in [3.8, 4) is 0 Å². The Balaban J connectivity index is 1.89. The molecule has 1 atom stereocenters. The molecule has 0 aliphatic carbocycles. The van der Waals surface area contributed by atoms with Gasteiger partial charge in [0.2, 0.25) is 0 Å². The largest absolute Gasteiger partial charge is 0.378 e. The van der Waals surface area contributed by atoms with Crippen molar-refractivity contribution in [1.29, 1.82) is 0 Å². The minimum absolute atomic E-state index is 0.290. The zero-order valence-corrected chi connectivity index (χ0v) is 12.3. The Hall–Kier alpha value is -2.16. The number of hydrogen-bond donors (Lipinski definition) is 1. The van der Waals surface area contributed by atoms with Gasteiger partial charge in [-0.2, -0.15) is 0 Å². The number of ether oxygens (including phenoxy) is 1. The number of nitrogens with one attached hydrogen (secondary N) is 1. The van der Waals surface area contributed by atoms with E-state index in [1.165, 1.54) is 37.9 Å². The summed E-state index contributed by atoms with van der Waals surface area (Å²) < 4.78 is 5.66. The molecule has 4 aromatic rings. The van der Waals surface area contributed by atoms with Crippen LogP contribution in [-0.4, -0.2) is 19.8 Å². The normalized spacial score (nSPS) is 19.4. The first-order valence-electron chi connectivity index (χ1n) is 7.89. The molecule has 1 fully saturated rings. The second kappa shape index (κ2) is 4.67. The van der Waals surface area contributed by atoms with Crippen LogP contribution >= 0.6 is 0 Å². The number of morpholine rings is 1. The molecular formula is C20H17NO. The van der Waals surface area contributed by atoms with Gasteiger partial charge in [0.25, 0.3) is 0 Å². The van der Waals surface area contributed by atoms with Gasteiger partial charge in [-0.15, -0.1) is 0 Å². The van der Waals surface area contributed by atoms with Crippen LogP contribution in [0.2, 0.25) is 0 Å². The molecule has 108 valence electrons. The lowest BCUT2D eigenvalue weighted by atomic mass is 9.90. The van der Waals surface area contributed by atoms with Crippen molar-refractivity contribution >= 4 is 32.3 Å². The smallest absolute Gasteiger partial charge is 0.0662 e. The fraction of sp³-hybridized carbons (Fsp3) is 0.200. The van der Waals surface area contributed by atoms with E-state index in [1.807, 2.05) is 0 Å². The Labute approximate surface area is 129 Å². The van der Waals surface area contributed by atoms with Gasteiger partial charge in [0.1, 0.15) is 0 Å². The molecule has 2 nitrogen and oxygen atoms in total. The highest BCUT2D eigenvalue weighted by atomic mass is 16.5. The van der Waals surface area contributed by atoms with Crippen molar-refractivity contribution in [2.24, 2.45) is 0 Å². The lowest BCUT2D eigenvalue weighted by Gasteiger charge is -2.26. The third-order valence-corrected chi connectivity index (χ3v) is 4.86. The SMILES string of the molecule is c1cc2ccc3ccc([C@H]4COCCN4)c4ccc(c1)c2c34. The number of hydrogen-bond acceptors (Lipinski definition) is 2. The molecule has 0 radical (unpaired) electrons. The summed E-state index contributed by atoms with van der Waals surface area (Å²) in [7, 11) is 0. The molecule has 0 amide bonds. The van der Waals surface area contributed by atoms with Gasteiger partial charge >= 0.3 is 0 Å². The molecule has 4 aromatic carbocycles. The van der Waals surface area contributed by atoms with Gasteiger partial charge in [0.15, 0.2) is 0 Å². The first-order chi connectivity index (χ1) is 10.9. The highest BCUT2D eigenvalue weighted by Crippen LogP contribution is 2.37. The maximum Gasteiger partial charge on any atom is 0.0662 e. The number of benzene rings is 4. The van der Waals surface area contributed by atoms with Crippen LogP contribution in [-0.2, 0) is 4.74 Å². The summed E-state index contributed by atoms with van der Waals surface area (Å²) in [6.07, 6.45) is 0. The first kappa shape index (κ1) is 12.4. The minimum Gasteiger partial charge on any atom is -0.378 e. The van der Waals surface area contributed by atoms with Gasteiger partial charge in [-0.25, -0.2) is 0 Å². The molecule has 0 unspecified atom stereocenters. The van der Waals surface area contributed by atoms with E-state index in [0.29, 0.717) is 6.04 Å². The molecule has 1 N–H and O–H groups in total. The molecule has 22 heavy (non-hydrogen) atoms. The molecule has 1 heterocycles. The molecule has 1 aliphatic heterocycles. The Morgan fingerprint density at radius 1 is 0.818 bits per heavy atom. The highest BCUT2D eigenvalue weighted by molar-refractivity contribution is 6.23. The molecular weight excluding hydrogens is 270 g/mol. The monoisotopic (exact) mass is 287 g/mol. The topological polar surface area (TPSA) is 21.3 Å². The Bertz CT molecular complexity index is 954. The molecule has 2 heteroatoms. The van der Waals surface area contributed by atoms with Gasteiger partial charge in [0.05, 0.1) is 19.3 Å². The second-order valence-electron chi connectivity index (χ2n) is 6.09. The fourth-order valence-electron chi connectivity index (χ4n) is 3.83. The zero-order valence-electron chi connectivity index (χ0n) is 12.3. The maximum atomic E-state index is 5.66. The zero-order chi connectivity index (χ0) is 14.5. The predicted molar refractivity (Wildman–Crippen MR) is 91.7 cm³/mol. The fourth-order valence-corrected chi connectivity index (χ4v) is 3.83. The van der Waals surface area contributed by atoms with Crippen molar-refractivity contribution < 1.29 is 4.74 Å². The quantitative estimate of drug-likeness (QED) is 0.529. The molecule has 1 saturated heterocycles. The van der Waals surface area contributed by atoms with Crippen LogP contribution in [0, 0.1) is 0 Å². The highest BCUT2D eigenvalue weighted by Gasteiger charge is 2.19.